The van der Waals surface area contributed by atoms with Crippen molar-refractivity contribution in [3.05, 3.63) is 11.6 Å². The zero-order chi connectivity index (χ0) is 12.7. The molecule has 0 aromatic carbocycles. The van der Waals surface area contributed by atoms with Crippen LogP contribution >= 0.6 is 0 Å². The van der Waals surface area contributed by atoms with Crippen LogP contribution in [-0.4, -0.2) is 25.0 Å². The van der Waals surface area contributed by atoms with Gasteiger partial charge in [-0.1, -0.05) is 18.6 Å². The molecule has 1 aliphatic rings. The number of amides is 1. The van der Waals surface area contributed by atoms with Gasteiger partial charge in [-0.15, -0.1) is 0 Å². The van der Waals surface area contributed by atoms with Gasteiger partial charge in [0.15, 0.2) is 0 Å². The van der Waals surface area contributed by atoms with Gasteiger partial charge >= 0.3 is 5.97 Å². The number of carbonyl (C=O) groups excluding carboxylic acids is 2. The Morgan fingerprint density at radius 2 is 2.24 bits per heavy atom. The second kappa shape index (κ2) is 7.09. The first-order valence-electron chi connectivity index (χ1n) is 6.22. The monoisotopic (exact) mass is 239 g/mol. The number of nitrogens with one attached hydrogen (secondary N) is 1. The molecule has 4 nitrogen and oxygen atoms in total. The molecule has 0 saturated heterocycles. The molecule has 0 aliphatic heterocycles. The summed E-state index contributed by atoms with van der Waals surface area (Å²) in [5.74, 6) is -0.464. The fourth-order valence-corrected chi connectivity index (χ4v) is 1.99. The summed E-state index contributed by atoms with van der Waals surface area (Å²) < 4.78 is 4.63. The Hall–Kier alpha value is -1.32. The molecule has 0 aromatic rings. The van der Waals surface area contributed by atoms with Crippen LogP contribution in [0.2, 0.25) is 0 Å². The fraction of sp³-hybridized carbons (Fsp3) is 0.692. The molecular formula is C13H21NO3. The van der Waals surface area contributed by atoms with Gasteiger partial charge in [-0.25, -0.2) is 4.79 Å². The number of carbonyl (C=O) groups is 2. The van der Waals surface area contributed by atoms with Crippen LogP contribution in [0, 0.1) is 0 Å². The van der Waals surface area contributed by atoms with E-state index in [0.717, 1.165) is 19.3 Å². The van der Waals surface area contributed by atoms with E-state index in [-0.39, 0.29) is 11.9 Å². The third kappa shape index (κ3) is 4.59. The standard InChI is InChI=1S/C13H21NO3/c1-3-11(13(16)17-2)14-12(15)9-10-7-5-4-6-8-10/h7,11H,3-6,8-9H2,1-2H3,(H,14,15). The summed E-state index contributed by atoms with van der Waals surface area (Å²) in [5.41, 5.74) is 1.19. The molecule has 0 aromatic heterocycles. The molecule has 17 heavy (non-hydrogen) atoms. The van der Waals surface area contributed by atoms with E-state index in [4.69, 9.17) is 0 Å². The molecule has 4 heteroatoms. The van der Waals surface area contributed by atoms with Crippen molar-refractivity contribution in [3.8, 4) is 0 Å². The molecule has 0 fully saturated rings. The summed E-state index contributed by atoms with van der Waals surface area (Å²) in [6.07, 6.45) is 7.55. The van der Waals surface area contributed by atoms with Crippen molar-refractivity contribution in [3.63, 3.8) is 0 Å². The van der Waals surface area contributed by atoms with Gasteiger partial charge in [-0.3, -0.25) is 4.79 Å². The lowest BCUT2D eigenvalue weighted by atomic mass is 9.97. The Balaban J connectivity index is 2.42. The van der Waals surface area contributed by atoms with Gasteiger partial charge < -0.3 is 10.1 Å². The highest BCUT2D eigenvalue weighted by Crippen LogP contribution is 2.19. The molecule has 96 valence electrons. The van der Waals surface area contributed by atoms with Crippen molar-refractivity contribution in [1.29, 1.82) is 0 Å². The van der Waals surface area contributed by atoms with Crippen LogP contribution in [0.4, 0.5) is 0 Å². The maximum atomic E-state index is 11.7. The Labute approximate surface area is 102 Å². The first-order chi connectivity index (χ1) is 8.17. The number of hydrogen-bond acceptors (Lipinski definition) is 3. The minimum absolute atomic E-state index is 0.0876. The molecule has 0 bridgehead atoms. The zero-order valence-electron chi connectivity index (χ0n) is 10.6. The third-order valence-corrected chi connectivity index (χ3v) is 3.00. The van der Waals surface area contributed by atoms with Gasteiger partial charge in [0.05, 0.1) is 7.11 Å². The average Bonchev–Trinajstić information content (AvgIpc) is 2.36. The van der Waals surface area contributed by atoms with E-state index < -0.39 is 6.04 Å². The highest BCUT2D eigenvalue weighted by atomic mass is 16.5. The number of rotatable bonds is 5. The van der Waals surface area contributed by atoms with Gasteiger partial charge in [0.1, 0.15) is 6.04 Å². The second-order valence-electron chi connectivity index (χ2n) is 4.34. The van der Waals surface area contributed by atoms with Crippen LogP contribution in [0.1, 0.15) is 45.4 Å². The molecule has 1 unspecified atom stereocenters. The third-order valence-electron chi connectivity index (χ3n) is 3.00. The summed E-state index contributed by atoms with van der Waals surface area (Å²) >= 11 is 0. The molecule has 1 atom stereocenters. The Morgan fingerprint density at radius 1 is 1.47 bits per heavy atom. The van der Waals surface area contributed by atoms with Crippen molar-refractivity contribution >= 4 is 11.9 Å². The second-order valence-corrected chi connectivity index (χ2v) is 4.34. The zero-order valence-corrected chi connectivity index (χ0v) is 10.6. The molecule has 0 spiro atoms. The van der Waals surface area contributed by atoms with Crippen LogP contribution in [0.25, 0.3) is 0 Å². The van der Waals surface area contributed by atoms with Crippen LogP contribution in [-0.2, 0) is 14.3 Å². The molecule has 0 heterocycles. The highest BCUT2D eigenvalue weighted by Gasteiger charge is 2.19. The largest absolute Gasteiger partial charge is 0.467 e. The topological polar surface area (TPSA) is 55.4 Å². The van der Waals surface area contributed by atoms with Gasteiger partial charge in [-0.2, -0.15) is 0 Å². The first-order valence-corrected chi connectivity index (χ1v) is 6.22. The number of methoxy groups -OCH3 is 1. The molecule has 0 radical (unpaired) electrons. The normalized spacial score (nSPS) is 16.9. The van der Waals surface area contributed by atoms with Crippen molar-refractivity contribution in [2.24, 2.45) is 0 Å². The van der Waals surface area contributed by atoms with Crippen LogP contribution in [0.3, 0.4) is 0 Å². The van der Waals surface area contributed by atoms with Crippen LogP contribution < -0.4 is 5.32 Å². The van der Waals surface area contributed by atoms with Crippen LogP contribution in [0.15, 0.2) is 11.6 Å². The van der Waals surface area contributed by atoms with Crippen molar-refractivity contribution in [2.45, 2.75) is 51.5 Å². The predicted molar refractivity (Wildman–Crippen MR) is 65.4 cm³/mol. The number of ether oxygens (including phenoxy) is 1. The summed E-state index contributed by atoms with van der Waals surface area (Å²) in [6.45, 7) is 1.85. The van der Waals surface area contributed by atoms with Gasteiger partial charge in [-0.05, 0) is 32.1 Å². The number of esters is 1. The molecule has 1 rings (SSSR count). The van der Waals surface area contributed by atoms with E-state index in [1.54, 1.807) is 0 Å². The predicted octanol–water partition coefficient (Wildman–Crippen LogP) is 1.94. The lowest BCUT2D eigenvalue weighted by Crippen LogP contribution is -2.41. The van der Waals surface area contributed by atoms with Crippen molar-refractivity contribution in [2.75, 3.05) is 7.11 Å². The maximum absolute atomic E-state index is 11.7. The van der Waals surface area contributed by atoms with Crippen LogP contribution in [0.5, 0.6) is 0 Å². The van der Waals surface area contributed by atoms with Crippen molar-refractivity contribution < 1.29 is 14.3 Å². The van der Waals surface area contributed by atoms with E-state index in [9.17, 15) is 9.59 Å². The Bertz CT molecular complexity index is 310. The first kappa shape index (κ1) is 13.7. The summed E-state index contributed by atoms with van der Waals surface area (Å²) in [5, 5.41) is 2.71. The molecular weight excluding hydrogens is 218 g/mol. The molecule has 1 aliphatic carbocycles. The van der Waals surface area contributed by atoms with E-state index in [1.807, 2.05) is 6.92 Å². The van der Waals surface area contributed by atoms with Gasteiger partial charge in [0.2, 0.25) is 5.91 Å². The van der Waals surface area contributed by atoms with Gasteiger partial charge in [0, 0.05) is 6.42 Å². The lowest BCUT2D eigenvalue weighted by Gasteiger charge is -2.16. The van der Waals surface area contributed by atoms with E-state index >= 15 is 0 Å². The quantitative estimate of drug-likeness (QED) is 0.589. The smallest absolute Gasteiger partial charge is 0.328 e. The minimum atomic E-state index is -0.517. The Morgan fingerprint density at radius 3 is 2.76 bits per heavy atom. The van der Waals surface area contributed by atoms with Crippen molar-refractivity contribution in [1.82, 2.24) is 5.32 Å². The maximum Gasteiger partial charge on any atom is 0.328 e. The molecule has 1 N–H and O–H groups in total. The lowest BCUT2D eigenvalue weighted by molar-refractivity contribution is -0.145. The van der Waals surface area contributed by atoms with E-state index in [0.29, 0.717) is 12.8 Å². The van der Waals surface area contributed by atoms with E-state index in [1.165, 1.54) is 19.1 Å². The summed E-state index contributed by atoms with van der Waals surface area (Å²) in [4.78, 5) is 23.1. The number of hydrogen-bond donors (Lipinski definition) is 1. The van der Waals surface area contributed by atoms with Gasteiger partial charge in [0.25, 0.3) is 0 Å². The summed E-state index contributed by atoms with van der Waals surface area (Å²) in [6, 6.07) is -0.517. The molecule has 1 amide bonds. The Kier molecular flexibility index (Phi) is 5.73. The van der Waals surface area contributed by atoms with E-state index in [2.05, 4.69) is 16.1 Å². The summed E-state index contributed by atoms with van der Waals surface area (Å²) in [7, 11) is 1.33. The highest BCUT2D eigenvalue weighted by molar-refractivity contribution is 5.85. The average molecular weight is 239 g/mol. The number of allylic oxidation sites excluding steroid dienone is 1. The molecule has 0 saturated carbocycles. The fourth-order valence-electron chi connectivity index (χ4n) is 1.99. The minimum Gasteiger partial charge on any atom is -0.467 e. The SMILES string of the molecule is CCC(NC(=O)CC1=CCCCC1)C(=O)OC.